The van der Waals surface area contributed by atoms with Crippen LogP contribution in [0.3, 0.4) is 0 Å². The van der Waals surface area contributed by atoms with Crippen molar-refractivity contribution in [2.45, 2.75) is 25.3 Å². The van der Waals surface area contributed by atoms with Crippen LogP contribution >= 0.6 is 0 Å². The predicted octanol–water partition coefficient (Wildman–Crippen LogP) is 2.11. The number of hydrogen-bond acceptors (Lipinski definition) is 4. The quantitative estimate of drug-likeness (QED) is 0.705. The third kappa shape index (κ3) is 5.35. The van der Waals surface area contributed by atoms with Gasteiger partial charge in [-0.25, -0.2) is 0 Å². The third-order valence-electron chi connectivity index (χ3n) is 5.45. The molecule has 1 saturated heterocycles. The average Bonchev–Trinajstić information content (AvgIpc) is 2.77. The summed E-state index contributed by atoms with van der Waals surface area (Å²) in [4.78, 5) is 29.1. The number of benzene rings is 2. The number of nitrogens with zero attached hydrogens (tertiary/aromatic N) is 2. The first kappa shape index (κ1) is 20.9. The summed E-state index contributed by atoms with van der Waals surface area (Å²) in [6, 6.07) is 19.6. The summed E-state index contributed by atoms with van der Waals surface area (Å²) in [7, 11) is 0. The molecular weight excluding hydrogens is 364 g/mol. The van der Waals surface area contributed by atoms with Crippen molar-refractivity contribution in [3.63, 3.8) is 0 Å². The van der Waals surface area contributed by atoms with Crippen LogP contribution in [-0.4, -0.2) is 49.4 Å². The van der Waals surface area contributed by atoms with E-state index in [9.17, 15) is 9.59 Å². The number of carbonyl (C=O) groups is 2. The van der Waals surface area contributed by atoms with Gasteiger partial charge in [0.05, 0.1) is 0 Å². The maximum atomic E-state index is 12.5. The predicted molar refractivity (Wildman–Crippen MR) is 115 cm³/mol. The minimum atomic E-state index is -1.08. The van der Waals surface area contributed by atoms with Crippen LogP contribution in [0, 0.1) is 0 Å². The smallest absolute Gasteiger partial charge is 0.244 e. The molecule has 1 unspecified atom stereocenters. The van der Waals surface area contributed by atoms with Crippen LogP contribution in [0.1, 0.15) is 25.3 Å². The fourth-order valence-corrected chi connectivity index (χ4v) is 3.55. The Morgan fingerprint density at radius 2 is 1.55 bits per heavy atom. The van der Waals surface area contributed by atoms with Crippen molar-refractivity contribution in [2.75, 3.05) is 37.6 Å². The second-order valence-electron chi connectivity index (χ2n) is 7.63. The number of hydrogen-bond donors (Lipinski definition) is 2. The summed E-state index contributed by atoms with van der Waals surface area (Å²) < 4.78 is 0. The lowest BCUT2D eigenvalue weighted by atomic mass is 9.92. The standard InChI is InChI=1S/C23H30N4O2/c1-23(24,19-9-4-2-5-10-19)22(29)25-14-8-13-21(28)27-17-15-26(16-18-27)20-11-6-3-7-12-20/h2-7,9-12H,8,13-18,24H2,1H3,(H,25,29). The van der Waals surface area contributed by atoms with E-state index in [4.69, 9.17) is 5.73 Å². The zero-order valence-corrected chi connectivity index (χ0v) is 17.0. The van der Waals surface area contributed by atoms with Gasteiger partial charge < -0.3 is 20.9 Å². The van der Waals surface area contributed by atoms with E-state index >= 15 is 0 Å². The number of nitrogens with one attached hydrogen (secondary N) is 1. The van der Waals surface area contributed by atoms with Gasteiger partial charge in [0.1, 0.15) is 5.54 Å². The maximum Gasteiger partial charge on any atom is 0.244 e. The number of amides is 2. The first-order chi connectivity index (χ1) is 14.0. The van der Waals surface area contributed by atoms with Gasteiger partial charge in [-0.1, -0.05) is 48.5 Å². The van der Waals surface area contributed by atoms with Crippen LogP contribution in [0.25, 0.3) is 0 Å². The number of para-hydroxylation sites is 1. The van der Waals surface area contributed by atoms with Crippen LogP contribution in [0.15, 0.2) is 60.7 Å². The molecule has 1 aliphatic rings. The molecule has 1 aliphatic heterocycles. The molecule has 6 nitrogen and oxygen atoms in total. The highest BCUT2D eigenvalue weighted by Gasteiger charge is 2.30. The van der Waals surface area contributed by atoms with E-state index in [2.05, 4.69) is 22.3 Å². The fraction of sp³-hybridized carbons (Fsp3) is 0.391. The lowest BCUT2D eigenvalue weighted by molar-refractivity contribution is -0.132. The lowest BCUT2D eigenvalue weighted by Gasteiger charge is -2.36. The highest BCUT2D eigenvalue weighted by molar-refractivity contribution is 5.87. The Morgan fingerprint density at radius 1 is 0.966 bits per heavy atom. The van der Waals surface area contributed by atoms with E-state index in [0.29, 0.717) is 19.4 Å². The molecule has 2 aromatic carbocycles. The van der Waals surface area contributed by atoms with Gasteiger partial charge in [0, 0.05) is 44.8 Å². The average molecular weight is 395 g/mol. The van der Waals surface area contributed by atoms with Crippen molar-refractivity contribution in [1.82, 2.24) is 10.2 Å². The van der Waals surface area contributed by atoms with E-state index < -0.39 is 5.54 Å². The van der Waals surface area contributed by atoms with Crippen molar-refractivity contribution in [1.29, 1.82) is 0 Å². The second kappa shape index (κ2) is 9.56. The lowest BCUT2D eigenvalue weighted by Crippen LogP contribution is -2.50. The van der Waals surface area contributed by atoms with Crippen molar-refractivity contribution >= 4 is 17.5 Å². The van der Waals surface area contributed by atoms with Crippen molar-refractivity contribution < 1.29 is 9.59 Å². The zero-order chi connectivity index (χ0) is 20.7. The van der Waals surface area contributed by atoms with Crippen LogP contribution < -0.4 is 16.0 Å². The Labute approximate surface area is 172 Å². The number of nitrogens with two attached hydrogens (primary N) is 1. The summed E-state index contributed by atoms with van der Waals surface area (Å²) in [5.41, 5.74) is 7.09. The van der Waals surface area contributed by atoms with Crippen LogP contribution in [0.4, 0.5) is 5.69 Å². The number of rotatable bonds is 7. The largest absolute Gasteiger partial charge is 0.368 e. The van der Waals surface area contributed by atoms with Gasteiger partial charge in [-0.3, -0.25) is 9.59 Å². The van der Waals surface area contributed by atoms with Crippen LogP contribution in [0.5, 0.6) is 0 Å². The third-order valence-corrected chi connectivity index (χ3v) is 5.45. The molecule has 3 rings (SSSR count). The van der Waals surface area contributed by atoms with Crippen molar-refractivity contribution in [3.05, 3.63) is 66.2 Å². The zero-order valence-electron chi connectivity index (χ0n) is 17.0. The highest BCUT2D eigenvalue weighted by atomic mass is 16.2. The second-order valence-corrected chi connectivity index (χ2v) is 7.63. The van der Waals surface area contributed by atoms with E-state index in [1.807, 2.05) is 53.4 Å². The van der Waals surface area contributed by atoms with E-state index in [1.54, 1.807) is 6.92 Å². The normalized spacial score (nSPS) is 16.2. The highest BCUT2D eigenvalue weighted by Crippen LogP contribution is 2.18. The summed E-state index contributed by atoms with van der Waals surface area (Å²) in [5.74, 6) is -0.0850. The molecule has 0 aliphatic carbocycles. The molecule has 0 bridgehead atoms. The Balaban J connectivity index is 1.38. The number of anilines is 1. The van der Waals surface area contributed by atoms with Crippen LogP contribution in [0.2, 0.25) is 0 Å². The number of carbonyl (C=O) groups excluding carboxylic acids is 2. The molecule has 0 saturated carbocycles. The molecule has 2 amide bonds. The Kier molecular flexibility index (Phi) is 6.88. The summed E-state index contributed by atoms with van der Waals surface area (Å²) >= 11 is 0. The van der Waals surface area contributed by atoms with Gasteiger partial charge in [0.25, 0.3) is 0 Å². The molecule has 0 spiro atoms. The first-order valence-electron chi connectivity index (χ1n) is 10.2. The van der Waals surface area contributed by atoms with Crippen molar-refractivity contribution in [3.8, 4) is 0 Å². The molecule has 1 atom stereocenters. The van der Waals surface area contributed by atoms with Gasteiger partial charge in [0.15, 0.2) is 0 Å². The monoisotopic (exact) mass is 394 g/mol. The molecule has 0 radical (unpaired) electrons. The number of piperazine rings is 1. The molecule has 2 aromatic rings. The molecule has 3 N–H and O–H groups in total. The molecule has 1 fully saturated rings. The van der Waals surface area contributed by atoms with E-state index in [1.165, 1.54) is 5.69 Å². The van der Waals surface area contributed by atoms with E-state index in [0.717, 1.165) is 31.7 Å². The molecule has 6 heteroatoms. The van der Waals surface area contributed by atoms with Gasteiger partial charge >= 0.3 is 0 Å². The summed E-state index contributed by atoms with van der Waals surface area (Å²) in [6.45, 7) is 5.29. The molecule has 1 heterocycles. The molecule has 154 valence electrons. The summed E-state index contributed by atoms with van der Waals surface area (Å²) in [5, 5.41) is 2.87. The van der Waals surface area contributed by atoms with E-state index in [-0.39, 0.29) is 11.8 Å². The topological polar surface area (TPSA) is 78.7 Å². The van der Waals surface area contributed by atoms with Crippen LogP contribution in [-0.2, 0) is 15.1 Å². The van der Waals surface area contributed by atoms with Gasteiger partial charge in [0.2, 0.25) is 11.8 Å². The minimum Gasteiger partial charge on any atom is -0.368 e. The minimum absolute atomic E-state index is 0.144. The maximum absolute atomic E-state index is 12.5. The Morgan fingerprint density at radius 3 is 2.17 bits per heavy atom. The fourth-order valence-electron chi connectivity index (χ4n) is 3.55. The first-order valence-corrected chi connectivity index (χ1v) is 10.2. The van der Waals surface area contributed by atoms with Gasteiger partial charge in [-0.15, -0.1) is 0 Å². The Hall–Kier alpha value is -2.86. The van der Waals surface area contributed by atoms with Gasteiger partial charge in [-0.05, 0) is 31.0 Å². The van der Waals surface area contributed by atoms with Crippen molar-refractivity contribution in [2.24, 2.45) is 5.73 Å². The molecular formula is C23H30N4O2. The molecule has 29 heavy (non-hydrogen) atoms. The SMILES string of the molecule is CC(N)(C(=O)NCCCC(=O)N1CCN(c2ccccc2)CC1)c1ccccc1. The molecule has 0 aromatic heterocycles. The van der Waals surface area contributed by atoms with Gasteiger partial charge in [-0.2, -0.15) is 0 Å². The Bertz CT molecular complexity index is 800. The summed E-state index contributed by atoms with van der Waals surface area (Å²) in [6.07, 6.45) is 1.03.